The first-order chi connectivity index (χ1) is 15.6. The molecule has 3 N–H and O–H groups in total. The fraction of sp³-hybridized carbons (Fsp3) is 0.640. The topological polar surface area (TPSA) is 85.8 Å². The number of guanidine groups is 1. The molecule has 1 aromatic carbocycles. The maximum absolute atomic E-state index is 12.4. The monoisotopic (exact) mass is 569 g/mol. The molecule has 1 aliphatic heterocycles. The molecule has 1 unspecified atom stereocenters. The smallest absolute Gasteiger partial charge is 0.223 e. The van der Waals surface area contributed by atoms with Gasteiger partial charge < -0.3 is 20.9 Å². The second-order valence-electron chi connectivity index (χ2n) is 9.00. The van der Waals surface area contributed by atoms with Gasteiger partial charge in [-0.05, 0) is 37.7 Å². The summed E-state index contributed by atoms with van der Waals surface area (Å²) in [7, 11) is 0. The Bertz CT molecular complexity index is 752. The molecule has 1 saturated heterocycles. The Morgan fingerprint density at radius 3 is 2.52 bits per heavy atom. The van der Waals surface area contributed by atoms with Crippen LogP contribution in [0.3, 0.4) is 0 Å². The summed E-state index contributed by atoms with van der Waals surface area (Å²) in [5, 5.41) is 9.55. The summed E-state index contributed by atoms with van der Waals surface area (Å²) in [5.74, 6) is 1.94. The molecule has 3 rings (SSSR count). The van der Waals surface area contributed by atoms with Crippen molar-refractivity contribution in [2.24, 2.45) is 16.8 Å². The zero-order valence-corrected chi connectivity index (χ0v) is 22.2. The molecule has 33 heavy (non-hydrogen) atoms. The highest BCUT2D eigenvalue weighted by Crippen LogP contribution is 2.27. The van der Waals surface area contributed by atoms with Crippen LogP contribution in [0.25, 0.3) is 0 Å². The number of carbonyl (C=O) groups excluding carboxylic acids is 2. The van der Waals surface area contributed by atoms with Crippen molar-refractivity contribution in [1.29, 1.82) is 0 Å². The van der Waals surface area contributed by atoms with Gasteiger partial charge in [0.25, 0.3) is 0 Å². The molecular weight excluding hydrogens is 529 g/mol. The standard InChI is InChI=1S/C25H39N5O2.HI/c1-2-26-25(28-14-13-27-23(31)16-21-10-6-7-11-21)29-18-22-17-24(32)30(19-22)15-12-20-8-4-3-5-9-20;/h3-5,8-9,21-22H,2,6-7,10-19H2,1H3,(H,27,31)(H2,26,28,29);1H. The van der Waals surface area contributed by atoms with Gasteiger partial charge in [0.2, 0.25) is 11.8 Å². The van der Waals surface area contributed by atoms with E-state index in [0.717, 1.165) is 32.0 Å². The Hall–Kier alpha value is -1.84. The summed E-state index contributed by atoms with van der Waals surface area (Å²) in [5.41, 5.74) is 1.26. The van der Waals surface area contributed by atoms with Crippen LogP contribution in [-0.2, 0) is 16.0 Å². The third kappa shape index (κ3) is 9.90. The van der Waals surface area contributed by atoms with E-state index in [2.05, 4.69) is 33.1 Å². The summed E-state index contributed by atoms with van der Waals surface area (Å²) >= 11 is 0. The number of halogens is 1. The lowest BCUT2D eigenvalue weighted by Crippen LogP contribution is -2.42. The SMILES string of the molecule is CCNC(=NCC1CC(=O)N(CCc2ccccc2)C1)NCCNC(=O)CC1CCCC1.I. The molecule has 2 aliphatic rings. The van der Waals surface area contributed by atoms with E-state index in [-0.39, 0.29) is 41.7 Å². The van der Waals surface area contributed by atoms with Gasteiger partial charge in [-0.2, -0.15) is 0 Å². The van der Waals surface area contributed by atoms with Crippen molar-refractivity contribution in [3.63, 3.8) is 0 Å². The van der Waals surface area contributed by atoms with Crippen molar-refractivity contribution in [3.8, 4) is 0 Å². The fourth-order valence-corrected chi connectivity index (χ4v) is 4.59. The van der Waals surface area contributed by atoms with Gasteiger partial charge in [0, 0.05) is 58.0 Å². The van der Waals surface area contributed by atoms with E-state index in [9.17, 15) is 9.59 Å². The van der Waals surface area contributed by atoms with Crippen LogP contribution < -0.4 is 16.0 Å². The van der Waals surface area contributed by atoms with Crippen LogP contribution in [0.4, 0.5) is 0 Å². The molecule has 0 aromatic heterocycles. The first kappa shape index (κ1) is 27.4. The van der Waals surface area contributed by atoms with Crippen LogP contribution in [0.5, 0.6) is 0 Å². The van der Waals surface area contributed by atoms with Gasteiger partial charge >= 0.3 is 0 Å². The first-order valence-electron chi connectivity index (χ1n) is 12.2. The number of nitrogens with zero attached hydrogens (tertiary/aromatic N) is 2. The zero-order chi connectivity index (χ0) is 22.6. The quantitative estimate of drug-likeness (QED) is 0.166. The van der Waals surface area contributed by atoms with Crippen molar-refractivity contribution >= 4 is 41.8 Å². The Morgan fingerprint density at radius 2 is 1.79 bits per heavy atom. The Labute approximate surface area is 215 Å². The number of benzene rings is 1. The third-order valence-electron chi connectivity index (χ3n) is 6.35. The maximum Gasteiger partial charge on any atom is 0.223 e. The number of likely N-dealkylation sites (tertiary alicyclic amines) is 1. The lowest BCUT2D eigenvalue weighted by atomic mass is 10.0. The summed E-state index contributed by atoms with van der Waals surface area (Å²) in [6, 6.07) is 10.3. The molecule has 8 heteroatoms. The van der Waals surface area contributed by atoms with E-state index in [4.69, 9.17) is 0 Å². The van der Waals surface area contributed by atoms with Crippen LogP contribution in [0.1, 0.15) is 51.0 Å². The molecular formula is C25H40IN5O2. The minimum atomic E-state index is 0. The lowest BCUT2D eigenvalue weighted by Gasteiger charge is -2.16. The summed E-state index contributed by atoms with van der Waals surface area (Å²) in [6.07, 6.45) is 7.02. The lowest BCUT2D eigenvalue weighted by molar-refractivity contribution is -0.127. The summed E-state index contributed by atoms with van der Waals surface area (Å²) < 4.78 is 0. The largest absolute Gasteiger partial charge is 0.357 e. The van der Waals surface area contributed by atoms with Crippen molar-refractivity contribution in [3.05, 3.63) is 35.9 Å². The van der Waals surface area contributed by atoms with Crippen molar-refractivity contribution < 1.29 is 9.59 Å². The van der Waals surface area contributed by atoms with Gasteiger partial charge in [0.05, 0.1) is 0 Å². The van der Waals surface area contributed by atoms with Gasteiger partial charge in [0.1, 0.15) is 0 Å². The van der Waals surface area contributed by atoms with E-state index in [1.54, 1.807) is 0 Å². The third-order valence-corrected chi connectivity index (χ3v) is 6.35. The molecule has 1 saturated carbocycles. The van der Waals surface area contributed by atoms with E-state index in [1.807, 2.05) is 30.0 Å². The van der Waals surface area contributed by atoms with Gasteiger partial charge in [-0.1, -0.05) is 43.2 Å². The van der Waals surface area contributed by atoms with Crippen molar-refractivity contribution in [2.75, 3.05) is 39.3 Å². The Morgan fingerprint density at radius 1 is 1.06 bits per heavy atom. The minimum Gasteiger partial charge on any atom is -0.357 e. The second-order valence-corrected chi connectivity index (χ2v) is 9.00. The molecule has 0 spiro atoms. The predicted octanol–water partition coefficient (Wildman–Crippen LogP) is 2.95. The van der Waals surface area contributed by atoms with Crippen LogP contribution >= 0.6 is 24.0 Å². The molecule has 1 atom stereocenters. The van der Waals surface area contributed by atoms with Crippen LogP contribution in [0.2, 0.25) is 0 Å². The fourth-order valence-electron chi connectivity index (χ4n) is 4.59. The predicted molar refractivity (Wildman–Crippen MR) is 144 cm³/mol. The highest BCUT2D eigenvalue weighted by molar-refractivity contribution is 14.0. The first-order valence-corrected chi connectivity index (χ1v) is 12.2. The Kier molecular flexibility index (Phi) is 12.6. The molecule has 184 valence electrons. The van der Waals surface area contributed by atoms with E-state index in [1.165, 1.54) is 31.2 Å². The number of amides is 2. The zero-order valence-electron chi connectivity index (χ0n) is 19.9. The Balaban J connectivity index is 0.00000385. The minimum absolute atomic E-state index is 0. The van der Waals surface area contributed by atoms with Crippen LogP contribution in [0, 0.1) is 11.8 Å². The molecule has 7 nitrogen and oxygen atoms in total. The maximum atomic E-state index is 12.4. The molecule has 1 heterocycles. The van der Waals surface area contributed by atoms with Gasteiger partial charge in [-0.25, -0.2) is 0 Å². The average Bonchev–Trinajstić information content (AvgIpc) is 3.43. The highest BCUT2D eigenvalue weighted by Gasteiger charge is 2.29. The van der Waals surface area contributed by atoms with Gasteiger partial charge in [-0.3, -0.25) is 14.6 Å². The number of aliphatic imine (C=N–C) groups is 1. The van der Waals surface area contributed by atoms with E-state index < -0.39 is 0 Å². The normalized spacial score (nSPS) is 18.8. The van der Waals surface area contributed by atoms with Gasteiger partial charge in [-0.15, -0.1) is 24.0 Å². The average molecular weight is 570 g/mol. The number of rotatable bonds is 11. The summed E-state index contributed by atoms with van der Waals surface area (Å²) in [6.45, 7) is 6.18. The molecule has 1 aliphatic carbocycles. The number of hydrogen-bond donors (Lipinski definition) is 3. The molecule has 2 fully saturated rings. The van der Waals surface area contributed by atoms with Crippen LogP contribution in [0.15, 0.2) is 35.3 Å². The molecule has 0 bridgehead atoms. The van der Waals surface area contributed by atoms with Crippen molar-refractivity contribution in [2.45, 2.75) is 51.9 Å². The number of carbonyl (C=O) groups is 2. The van der Waals surface area contributed by atoms with Gasteiger partial charge in [0.15, 0.2) is 5.96 Å². The number of nitrogens with one attached hydrogen (secondary N) is 3. The molecule has 2 amide bonds. The second kappa shape index (κ2) is 15.1. The number of hydrogen-bond acceptors (Lipinski definition) is 3. The summed E-state index contributed by atoms with van der Waals surface area (Å²) in [4.78, 5) is 31.1. The van der Waals surface area contributed by atoms with Crippen LogP contribution in [-0.4, -0.2) is 61.9 Å². The highest BCUT2D eigenvalue weighted by atomic mass is 127. The molecule has 1 aromatic rings. The molecule has 0 radical (unpaired) electrons. The van der Waals surface area contributed by atoms with E-state index >= 15 is 0 Å². The van der Waals surface area contributed by atoms with Crippen molar-refractivity contribution in [1.82, 2.24) is 20.9 Å². The van der Waals surface area contributed by atoms with E-state index in [0.29, 0.717) is 38.4 Å².